The molecule has 2 rings (SSSR count). The average Bonchev–Trinajstić information content (AvgIpc) is 2.42. The quantitative estimate of drug-likeness (QED) is 0.763. The molecule has 0 bridgehead atoms. The number of hydrogen-bond donors (Lipinski definition) is 0. The number of hydrogen-bond acceptors (Lipinski definition) is 4. The van der Waals surface area contributed by atoms with Crippen molar-refractivity contribution >= 4 is 15.9 Å². The number of methoxy groups -OCH3 is 3. The van der Waals surface area contributed by atoms with Gasteiger partial charge in [0, 0.05) is 0 Å². The molecule has 0 N–H and O–H groups in total. The van der Waals surface area contributed by atoms with Crippen molar-refractivity contribution in [1.82, 2.24) is 0 Å². The molecule has 1 heterocycles. The lowest BCUT2D eigenvalue weighted by Gasteiger charge is -2.48. The van der Waals surface area contributed by atoms with E-state index in [9.17, 15) is 0 Å². The minimum atomic E-state index is -0.0112. The Morgan fingerprint density at radius 3 is 1.86 bits per heavy atom. The fourth-order valence-electron chi connectivity index (χ4n) is 2.59. The molecule has 118 valence electrons. The highest BCUT2D eigenvalue weighted by molar-refractivity contribution is 9.09. The highest BCUT2D eigenvalue weighted by Crippen LogP contribution is 2.50. The van der Waals surface area contributed by atoms with Gasteiger partial charge in [0.05, 0.1) is 38.4 Å². The van der Waals surface area contributed by atoms with Gasteiger partial charge in [-0.15, -0.1) is 0 Å². The smallest absolute Gasteiger partial charge is 0.203 e. The highest BCUT2D eigenvalue weighted by Gasteiger charge is 2.47. The second-order valence-corrected chi connectivity index (χ2v) is 7.30. The minimum Gasteiger partial charge on any atom is -0.493 e. The number of rotatable bonds is 4. The average molecular weight is 359 g/mol. The molecule has 1 aromatic carbocycles. The monoisotopic (exact) mass is 358 g/mol. The molecule has 0 aliphatic carbocycles. The van der Waals surface area contributed by atoms with Crippen LogP contribution < -0.4 is 14.2 Å². The molecule has 0 amide bonds. The van der Waals surface area contributed by atoms with Crippen LogP contribution in [0.1, 0.15) is 32.4 Å². The van der Waals surface area contributed by atoms with Gasteiger partial charge in [0.1, 0.15) is 0 Å². The first kappa shape index (κ1) is 16.4. The molecular formula is C16H23BrO4. The summed E-state index contributed by atoms with van der Waals surface area (Å²) in [6.07, 6.45) is 0.171. The molecule has 1 saturated heterocycles. The summed E-state index contributed by atoms with van der Waals surface area (Å²) in [6, 6.07) is 3.89. The molecule has 0 saturated carbocycles. The van der Waals surface area contributed by atoms with Gasteiger partial charge in [-0.1, -0.05) is 36.7 Å². The lowest BCUT2D eigenvalue weighted by Crippen LogP contribution is -2.51. The molecule has 0 unspecified atom stereocenters. The van der Waals surface area contributed by atoms with Gasteiger partial charge in [0.15, 0.2) is 11.5 Å². The third-order valence-corrected chi connectivity index (χ3v) is 4.70. The predicted octanol–water partition coefficient (Wildman–Crippen LogP) is 3.96. The first-order chi connectivity index (χ1) is 9.83. The standard InChI is InChI=1S/C16H23BrO4/c1-16(2,3)15-12(17)13(21-15)9-7-10(18-4)14(20-6)11(8-9)19-5/h7-8,12-13,15H,1-6H3/t12-,13-,15-/m1/s1. The summed E-state index contributed by atoms with van der Waals surface area (Å²) in [5.41, 5.74) is 1.12. The molecular weight excluding hydrogens is 336 g/mol. The van der Waals surface area contributed by atoms with Gasteiger partial charge in [0.2, 0.25) is 5.75 Å². The first-order valence-electron chi connectivity index (χ1n) is 6.93. The van der Waals surface area contributed by atoms with Crippen LogP contribution >= 0.6 is 15.9 Å². The zero-order valence-electron chi connectivity index (χ0n) is 13.4. The van der Waals surface area contributed by atoms with Crippen LogP contribution in [0.25, 0.3) is 0 Å². The molecule has 1 fully saturated rings. The fourth-order valence-corrected chi connectivity index (χ4v) is 3.93. The van der Waals surface area contributed by atoms with Crippen molar-refractivity contribution in [3.05, 3.63) is 17.7 Å². The van der Waals surface area contributed by atoms with Crippen LogP contribution in [0, 0.1) is 5.41 Å². The zero-order chi connectivity index (χ0) is 15.8. The lowest BCUT2D eigenvalue weighted by atomic mass is 9.80. The zero-order valence-corrected chi connectivity index (χ0v) is 15.0. The Morgan fingerprint density at radius 2 is 1.52 bits per heavy atom. The summed E-state index contributed by atoms with van der Waals surface area (Å²) in [5.74, 6) is 1.89. The van der Waals surface area contributed by atoms with E-state index in [1.807, 2.05) is 12.1 Å². The van der Waals surface area contributed by atoms with E-state index in [1.54, 1.807) is 21.3 Å². The van der Waals surface area contributed by atoms with Crippen LogP contribution in [0.3, 0.4) is 0 Å². The van der Waals surface area contributed by atoms with Crippen molar-refractivity contribution in [3.8, 4) is 17.2 Å². The Labute approximate surface area is 134 Å². The molecule has 4 nitrogen and oxygen atoms in total. The van der Waals surface area contributed by atoms with E-state index in [4.69, 9.17) is 18.9 Å². The largest absolute Gasteiger partial charge is 0.493 e. The van der Waals surface area contributed by atoms with Crippen molar-refractivity contribution < 1.29 is 18.9 Å². The van der Waals surface area contributed by atoms with Crippen LogP contribution in [0.5, 0.6) is 17.2 Å². The number of halogens is 1. The van der Waals surface area contributed by atoms with E-state index >= 15 is 0 Å². The fraction of sp³-hybridized carbons (Fsp3) is 0.625. The molecule has 1 aliphatic heterocycles. The Bertz CT molecular complexity index is 484. The van der Waals surface area contributed by atoms with Crippen LogP contribution in [-0.2, 0) is 4.74 Å². The highest BCUT2D eigenvalue weighted by atomic mass is 79.9. The van der Waals surface area contributed by atoms with Crippen molar-refractivity contribution in [2.75, 3.05) is 21.3 Å². The maximum absolute atomic E-state index is 6.08. The van der Waals surface area contributed by atoms with Gasteiger partial charge >= 0.3 is 0 Å². The summed E-state index contributed by atoms with van der Waals surface area (Å²) >= 11 is 3.76. The Morgan fingerprint density at radius 1 is 1.00 bits per heavy atom. The maximum atomic E-state index is 6.08. The molecule has 21 heavy (non-hydrogen) atoms. The molecule has 5 heteroatoms. The van der Waals surface area contributed by atoms with E-state index in [-0.39, 0.29) is 22.5 Å². The van der Waals surface area contributed by atoms with Crippen LogP contribution in [0.4, 0.5) is 0 Å². The second kappa shape index (κ2) is 6.05. The van der Waals surface area contributed by atoms with Gasteiger partial charge in [0.25, 0.3) is 0 Å². The van der Waals surface area contributed by atoms with Gasteiger partial charge in [-0.3, -0.25) is 0 Å². The van der Waals surface area contributed by atoms with E-state index in [0.717, 1.165) is 5.56 Å². The maximum Gasteiger partial charge on any atom is 0.203 e. The summed E-state index contributed by atoms with van der Waals surface area (Å²) in [6.45, 7) is 6.53. The Hall–Kier alpha value is -0.940. The lowest BCUT2D eigenvalue weighted by molar-refractivity contribution is -0.162. The molecule has 0 spiro atoms. The van der Waals surface area contributed by atoms with E-state index in [0.29, 0.717) is 17.2 Å². The Kier molecular flexibility index (Phi) is 4.73. The van der Waals surface area contributed by atoms with Gasteiger partial charge in [-0.25, -0.2) is 0 Å². The summed E-state index contributed by atoms with van der Waals surface area (Å²) in [7, 11) is 4.83. The molecule has 1 aliphatic rings. The van der Waals surface area contributed by atoms with Crippen LogP contribution in [0.15, 0.2) is 12.1 Å². The van der Waals surface area contributed by atoms with Crippen molar-refractivity contribution in [2.24, 2.45) is 5.41 Å². The van der Waals surface area contributed by atoms with Crippen LogP contribution in [0.2, 0.25) is 0 Å². The van der Waals surface area contributed by atoms with Crippen molar-refractivity contribution in [3.63, 3.8) is 0 Å². The summed E-state index contributed by atoms with van der Waals surface area (Å²) in [4.78, 5) is 0.264. The van der Waals surface area contributed by atoms with E-state index < -0.39 is 0 Å². The van der Waals surface area contributed by atoms with Gasteiger partial charge in [-0.2, -0.15) is 0 Å². The molecule has 1 aromatic rings. The molecule has 0 radical (unpaired) electrons. The van der Waals surface area contributed by atoms with E-state index in [2.05, 4.69) is 36.7 Å². The van der Waals surface area contributed by atoms with Crippen molar-refractivity contribution in [1.29, 1.82) is 0 Å². The molecule has 3 atom stereocenters. The normalized spacial score (nSPS) is 25.2. The third kappa shape index (κ3) is 2.99. The predicted molar refractivity (Wildman–Crippen MR) is 85.9 cm³/mol. The topological polar surface area (TPSA) is 36.9 Å². The second-order valence-electron chi connectivity index (χ2n) is 6.25. The van der Waals surface area contributed by atoms with Crippen LogP contribution in [-0.4, -0.2) is 32.3 Å². The minimum absolute atomic E-state index is 0.0112. The van der Waals surface area contributed by atoms with Crippen molar-refractivity contribution in [2.45, 2.75) is 37.8 Å². The summed E-state index contributed by atoms with van der Waals surface area (Å²) in [5, 5.41) is 0. The van der Waals surface area contributed by atoms with Gasteiger partial charge < -0.3 is 18.9 Å². The first-order valence-corrected chi connectivity index (χ1v) is 7.84. The van der Waals surface area contributed by atoms with Gasteiger partial charge in [-0.05, 0) is 23.1 Å². The summed E-state index contributed by atoms with van der Waals surface area (Å²) < 4.78 is 22.2. The SMILES string of the molecule is COc1cc([C@H]2O[C@@H](C(C)(C)C)[C@@H]2Br)cc(OC)c1OC. The number of ether oxygens (including phenoxy) is 4. The van der Waals surface area contributed by atoms with E-state index in [1.165, 1.54) is 0 Å². The number of alkyl halides is 1. The third-order valence-electron chi connectivity index (χ3n) is 3.74. The Balaban J connectivity index is 2.30. The number of benzene rings is 1. The molecule has 0 aromatic heterocycles.